The van der Waals surface area contributed by atoms with Crippen LogP contribution in [-0.2, 0) is 4.74 Å². The maximum Gasteiger partial charge on any atom is 0.0589 e. The minimum absolute atomic E-state index is 0.621. The Morgan fingerprint density at radius 3 is 2.73 bits per heavy atom. The molecule has 0 aliphatic carbocycles. The van der Waals surface area contributed by atoms with Gasteiger partial charge in [-0.1, -0.05) is 0 Å². The summed E-state index contributed by atoms with van der Waals surface area (Å²) in [5.41, 5.74) is 0. The summed E-state index contributed by atoms with van der Waals surface area (Å²) in [5, 5.41) is 3.50. The normalized spacial score (nSPS) is 27.6. The first kappa shape index (κ1) is 12.9. The van der Waals surface area contributed by atoms with Gasteiger partial charge in [-0.25, -0.2) is 0 Å². The standard InChI is InChI=1S/C12H26N2O/c1-10(2)14(7-8-15-4)12-5-6-13-11(3)9-12/h10-13H,5-9H2,1-4H3. The van der Waals surface area contributed by atoms with Crippen molar-refractivity contribution >= 4 is 0 Å². The fourth-order valence-corrected chi connectivity index (χ4v) is 2.47. The van der Waals surface area contributed by atoms with E-state index in [0.29, 0.717) is 12.1 Å². The van der Waals surface area contributed by atoms with Crippen LogP contribution in [0.4, 0.5) is 0 Å². The van der Waals surface area contributed by atoms with Crippen molar-refractivity contribution in [1.82, 2.24) is 10.2 Å². The Morgan fingerprint density at radius 2 is 2.20 bits per heavy atom. The number of hydrogen-bond acceptors (Lipinski definition) is 3. The minimum Gasteiger partial charge on any atom is -0.383 e. The lowest BCUT2D eigenvalue weighted by Gasteiger charge is -2.39. The number of nitrogens with one attached hydrogen (secondary N) is 1. The van der Waals surface area contributed by atoms with Crippen LogP contribution >= 0.6 is 0 Å². The summed E-state index contributed by atoms with van der Waals surface area (Å²) in [6.45, 7) is 9.90. The van der Waals surface area contributed by atoms with Crippen LogP contribution in [0.3, 0.4) is 0 Å². The molecule has 0 saturated carbocycles. The van der Waals surface area contributed by atoms with Crippen LogP contribution in [0.1, 0.15) is 33.6 Å². The topological polar surface area (TPSA) is 24.5 Å². The highest BCUT2D eigenvalue weighted by atomic mass is 16.5. The van der Waals surface area contributed by atoms with Crippen molar-refractivity contribution in [2.75, 3.05) is 26.8 Å². The molecule has 2 unspecified atom stereocenters. The smallest absolute Gasteiger partial charge is 0.0589 e. The zero-order chi connectivity index (χ0) is 11.3. The van der Waals surface area contributed by atoms with Gasteiger partial charge in [-0.05, 0) is 40.2 Å². The van der Waals surface area contributed by atoms with E-state index in [2.05, 4.69) is 31.0 Å². The van der Waals surface area contributed by atoms with Crippen molar-refractivity contribution in [3.8, 4) is 0 Å². The average molecular weight is 214 g/mol. The molecule has 0 radical (unpaired) electrons. The van der Waals surface area contributed by atoms with E-state index in [9.17, 15) is 0 Å². The SMILES string of the molecule is COCCN(C(C)C)C1CCNC(C)C1. The molecule has 0 spiro atoms. The van der Waals surface area contributed by atoms with E-state index in [1.54, 1.807) is 7.11 Å². The lowest BCUT2D eigenvalue weighted by molar-refractivity contribution is 0.0748. The number of methoxy groups -OCH3 is 1. The van der Waals surface area contributed by atoms with Crippen LogP contribution in [0.5, 0.6) is 0 Å². The third-order valence-electron chi connectivity index (χ3n) is 3.28. The van der Waals surface area contributed by atoms with Gasteiger partial charge >= 0.3 is 0 Å². The second-order valence-corrected chi connectivity index (χ2v) is 4.86. The highest BCUT2D eigenvalue weighted by molar-refractivity contribution is 4.83. The first-order valence-electron chi connectivity index (χ1n) is 6.13. The number of nitrogens with zero attached hydrogens (tertiary/aromatic N) is 1. The molecule has 1 fully saturated rings. The maximum atomic E-state index is 5.18. The predicted octanol–water partition coefficient (Wildman–Crippen LogP) is 1.48. The van der Waals surface area contributed by atoms with Crippen LogP contribution in [0.25, 0.3) is 0 Å². The summed E-state index contributed by atoms with van der Waals surface area (Å²) in [6, 6.07) is 2.01. The molecule has 1 aliphatic heterocycles. The molecule has 1 heterocycles. The van der Waals surface area contributed by atoms with Crippen molar-refractivity contribution in [3.05, 3.63) is 0 Å². The van der Waals surface area contributed by atoms with Gasteiger partial charge in [0, 0.05) is 31.8 Å². The highest BCUT2D eigenvalue weighted by Crippen LogP contribution is 2.17. The monoisotopic (exact) mass is 214 g/mol. The van der Waals surface area contributed by atoms with E-state index >= 15 is 0 Å². The van der Waals surface area contributed by atoms with Crippen LogP contribution < -0.4 is 5.32 Å². The molecule has 1 saturated heterocycles. The van der Waals surface area contributed by atoms with Crippen molar-refractivity contribution in [2.45, 2.75) is 51.7 Å². The number of piperidine rings is 1. The molecule has 0 aromatic rings. The van der Waals surface area contributed by atoms with Crippen LogP contribution in [-0.4, -0.2) is 49.8 Å². The molecule has 0 bridgehead atoms. The van der Waals surface area contributed by atoms with Gasteiger partial charge in [0.05, 0.1) is 6.61 Å². The van der Waals surface area contributed by atoms with Crippen molar-refractivity contribution in [2.24, 2.45) is 0 Å². The van der Waals surface area contributed by atoms with Gasteiger partial charge < -0.3 is 10.1 Å². The molecular formula is C12H26N2O. The molecular weight excluding hydrogens is 188 g/mol. The summed E-state index contributed by atoms with van der Waals surface area (Å²) in [4.78, 5) is 2.58. The largest absolute Gasteiger partial charge is 0.383 e. The molecule has 3 nitrogen and oxygen atoms in total. The second kappa shape index (κ2) is 6.46. The zero-order valence-corrected chi connectivity index (χ0v) is 10.6. The first-order chi connectivity index (χ1) is 7.15. The van der Waals surface area contributed by atoms with Crippen molar-refractivity contribution < 1.29 is 4.74 Å². The van der Waals surface area contributed by atoms with Crippen LogP contribution in [0, 0.1) is 0 Å². The van der Waals surface area contributed by atoms with E-state index in [1.165, 1.54) is 12.8 Å². The molecule has 1 aliphatic rings. The molecule has 15 heavy (non-hydrogen) atoms. The average Bonchev–Trinajstić information content (AvgIpc) is 2.18. The molecule has 0 aromatic heterocycles. The van der Waals surface area contributed by atoms with Gasteiger partial charge in [-0.15, -0.1) is 0 Å². The molecule has 1 rings (SSSR count). The van der Waals surface area contributed by atoms with Gasteiger partial charge in [-0.3, -0.25) is 4.90 Å². The molecule has 0 aromatic carbocycles. The van der Waals surface area contributed by atoms with E-state index < -0.39 is 0 Å². The third kappa shape index (κ3) is 4.09. The summed E-state index contributed by atoms with van der Waals surface area (Å²) in [7, 11) is 1.78. The molecule has 3 heteroatoms. The summed E-state index contributed by atoms with van der Waals surface area (Å²) in [6.07, 6.45) is 2.54. The van der Waals surface area contributed by atoms with Gasteiger partial charge in [-0.2, -0.15) is 0 Å². The van der Waals surface area contributed by atoms with Crippen LogP contribution in [0.2, 0.25) is 0 Å². The van der Waals surface area contributed by atoms with Crippen LogP contribution in [0.15, 0.2) is 0 Å². The second-order valence-electron chi connectivity index (χ2n) is 4.86. The Balaban J connectivity index is 2.46. The number of hydrogen-bond donors (Lipinski definition) is 1. The van der Waals surface area contributed by atoms with Crippen molar-refractivity contribution in [1.29, 1.82) is 0 Å². The van der Waals surface area contributed by atoms with Gasteiger partial charge in [0.1, 0.15) is 0 Å². The van der Waals surface area contributed by atoms with Crippen molar-refractivity contribution in [3.63, 3.8) is 0 Å². The maximum absolute atomic E-state index is 5.18. The lowest BCUT2D eigenvalue weighted by Crippen LogP contribution is -2.50. The van der Waals surface area contributed by atoms with Gasteiger partial charge in [0.2, 0.25) is 0 Å². The summed E-state index contributed by atoms with van der Waals surface area (Å²) < 4.78 is 5.18. The van der Waals surface area contributed by atoms with Gasteiger partial charge in [0.25, 0.3) is 0 Å². The Hall–Kier alpha value is -0.120. The zero-order valence-electron chi connectivity index (χ0n) is 10.6. The molecule has 1 N–H and O–H groups in total. The number of rotatable bonds is 5. The quantitative estimate of drug-likeness (QED) is 0.750. The lowest BCUT2D eigenvalue weighted by atomic mass is 9.98. The van der Waals surface area contributed by atoms with E-state index in [-0.39, 0.29) is 0 Å². The predicted molar refractivity (Wildman–Crippen MR) is 64.2 cm³/mol. The minimum atomic E-state index is 0.621. The van der Waals surface area contributed by atoms with Gasteiger partial charge in [0.15, 0.2) is 0 Å². The van der Waals surface area contributed by atoms with E-state index in [1.807, 2.05) is 0 Å². The third-order valence-corrected chi connectivity index (χ3v) is 3.28. The Bertz CT molecular complexity index is 173. The Labute approximate surface area is 94.2 Å². The number of ether oxygens (including phenoxy) is 1. The Kier molecular flexibility index (Phi) is 5.58. The summed E-state index contributed by atoms with van der Waals surface area (Å²) >= 11 is 0. The highest BCUT2D eigenvalue weighted by Gasteiger charge is 2.25. The fraction of sp³-hybridized carbons (Fsp3) is 1.00. The first-order valence-corrected chi connectivity index (χ1v) is 6.13. The Morgan fingerprint density at radius 1 is 1.47 bits per heavy atom. The van der Waals surface area contributed by atoms with E-state index in [0.717, 1.165) is 25.7 Å². The van der Waals surface area contributed by atoms with E-state index in [4.69, 9.17) is 4.74 Å². The molecule has 90 valence electrons. The molecule has 2 atom stereocenters. The molecule has 0 amide bonds. The summed E-state index contributed by atoms with van der Waals surface area (Å²) in [5.74, 6) is 0. The fourth-order valence-electron chi connectivity index (χ4n) is 2.47.